The van der Waals surface area contributed by atoms with E-state index in [0.29, 0.717) is 17.9 Å². The van der Waals surface area contributed by atoms with Crippen molar-refractivity contribution in [3.05, 3.63) is 0 Å². The van der Waals surface area contributed by atoms with Crippen LogP contribution in [-0.2, 0) is 4.79 Å². The smallest absolute Gasteiger partial charge is 0.225 e. The molecule has 2 heteroatoms. The van der Waals surface area contributed by atoms with Crippen LogP contribution in [0.4, 0.5) is 0 Å². The highest BCUT2D eigenvalue weighted by Crippen LogP contribution is 2.38. The lowest BCUT2D eigenvalue weighted by atomic mass is 9.76. The highest BCUT2D eigenvalue weighted by atomic mass is 16.2. The normalized spacial score (nSPS) is 35.4. The fraction of sp³-hybridized carbons (Fsp3) is 0.929. The van der Waals surface area contributed by atoms with Gasteiger partial charge in [0.25, 0.3) is 0 Å². The standard InChI is InChI=1S/C14H23NO/c16-14(12-6-3-7-12)15-10-4-8-11-5-1-2-9-13(11)15/h11-13H,1-10H2. The molecule has 0 radical (unpaired) electrons. The maximum absolute atomic E-state index is 12.4. The summed E-state index contributed by atoms with van der Waals surface area (Å²) in [4.78, 5) is 14.6. The first kappa shape index (κ1) is 10.6. The third-order valence-corrected chi connectivity index (χ3v) is 4.98. The van der Waals surface area contributed by atoms with Crippen LogP contribution in [-0.4, -0.2) is 23.4 Å². The van der Waals surface area contributed by atoms with Gasteiger partial charge in [-0.05, 0) is 44.4 Å². The Morgan fingerprint density at radius 3 is 2.38 bits per heavy atom. The van der Waals surface area contributed by atoms with Crippen LogP contribution in [0.25, 0.3) is 0 Å². The predicted octanol–water partition coefficient (Wildman–Crippen LogP) is 2.97. The fourth-order valence-electron chi connectivity index (χ4n) is 3.79. The van der Waals surface area contributed by atoms with Crippen molar-refractivity contribution in [2.45, 2.75) is 63.8 Å². The van der Waals surface area contributed by atoms with E-state index in [9.17, 15) is 4.79 Å². The Kier molecular flexibility index (Phi) is 2.91. The Morgan fingerprint density at radius 1 is 0.875 bits per heavy atom. The third-order valence-electron chi connectivity index (χ3n) is 4.98. The topological polar surface area (TPSA) is 20.3 Å². The van der Waals surface area contributed by atoms with Crippen molar-refractivity contribution in [2.75, 3.05) is 6.54 Å². The number of hydrogen-bond acceptors (Lipinski definition) is 1. The summed E-state index contributed by atoms with van der Waals surface area (Å²) in [6.07, 6.45) is 11.6. The van der Waals surface area contributed by atoms with Gasteiger partial charge >= 0.3 is 0 Å². The average Bonchev–Trinajstić information content (AvgIpc) is 2.26. The van der Waals surface area contributed by atoms with E-state index in [1.165, 1.54) is 44.9 Å². The number of nitrogens with zero attached hydrogens (tertiary/aromatic N) is 1. The number of carbonyl (C=O) groups is 1. The summed E-state index contributed by atoms with van der Waals surface area (Å²) in [5.74, 6) is 1.75. The van der Waals surface area contributed by atoms with E-state index < -0.39 is 0 Å². The fourth-order valence-corrected chi connectivity index (χ4v) is 3.79. The van der Waals surface area contributed by atoms with Crippen molar-refractivity contribution in [1.29, 1.82) is 0 Å². The number of likely N-dealkylation sites (tertiary alicyclic amines) is 1. The molecule has 0 aromatic heterocycles. The van der Waals surface area contributed by atoms with Crippen LogP contribution < -0.4 is 0 Å². The van der Waals surface area contributed by atoms with Gasteiger partial charge in [-0.15, -0.1) is 0 Å². The van der Waals surface area contributed by atoms with Crippen LogP contribution in [0.2, 0.25) is 0 Å². The molecule has 16 heavy (non-hydrogen) atoms. The van der Waals surface area contributed by atoms with Crippen molar-refractivity contribution in [2.24, 2.45) is 11.8 Å². The molecule has 0 aromatic rings. The summed E-state index contributed by atoms with van der Waals surface area (Å²) in [6, 6.07) is 0.621. The number of fused-ring (bicyclic) bond motifs is 1. The Labute approximate surface area is 98.4 Å². The Balaban J connectivity index is 1.69. The summed E-state index contributed by atoms with van der Waals surface area (Å²) in [6.45, 7) is 1.05. The Bertz CT molecular complexity index is 270. The molecule has 0 N–H and O–H groups in total. The molecule has 2 unspecified atom stereocenters. The summed E-state index contributed by atoms with van der Waals surface area (Å²) < 4.78 is 0. The Hall–Kier alpha value is -0.530. The number of hydrogen-bond donors (Lipinski definition) is 0. The second-order valence-corrected chi connectivity index (χ2v) is 5.91. The molecule has 2 aliphatic carbocycles. The summed E-state index contributed by atoms with van der Waals surface area (Å²) in [5, 5.41) is 0. The van der Waals surface area contributed by atoms with E-state index in [1.807, 2.05) is 0 Å². The van der Waals surface area contributed by atoms with E-state index in [1.54, 1.807) is 0 Å². The number of amides is 1. The monoisotopic (exact) mass is 221 g/mol. The van der Waals surface area contributed by atoms with Crippen molar-refractivity contribution >= 4 is 5.91 Å². The van der Waals surface area contributed by atoms with E-state index in [2.05, 4.69) is 4.90 Å². The highest BCUT2D eigenvalue weighted by molar-refractivity contribution is 5.80. The third kappa shape index (κ3) is 1.76. The quantitative estimate of drug-likeness (QED) is 0.666. The molecule has 3 rings (SSSR count). The first-order valence-corrected chi connectivity index (χ1v) is 7.17. The van der Waals surface area contributed by atoms with Gasteiger partial charge in [0.2, 0.25) is 5.91 Å². The van der Waals surface area contributed by atoms with Crippen molar-refractivity contribution in [3.63, 3.8) is 0 Å². The summed E-state index contributed by atoms with van der Waals surface area (Å²) in [5.41, 5.74) is 0. The van der Waals surface area contributed by atoms with Gasteiger partial charge in [-0.3, -0.25) is 4.79 Å². The number of carbonyl (C=O) groups excluding carboxylic acids is 1. The highest BCUT2D eigenvalue weighted by Gasteiger charge is 2.39. The summed E-state index contributed by atoms with van der Waals surface area (Å²) in [7, 11) is 0. The van der Waals surface area contributed by atoms with E-state index >= 15 is 0 Å². The lowest BCUT2D eigenvalue weighted by Gasteiger charge is -2.46. The van der Waals surface area contributed by atoms with Crippen molar-refractivity contribution in [1.82, 2.24) is 4.90 Å². The maximum Gasteiger partial charge on any atom is 0.225 e. The summed E-state index contributed by atoms with van der Waals surface area (Å²) >= 11 is 0. The van der Waals surface area contributed by atoms with E-state index in [0.717, 1.165) is 25.3 Å². The zero-order valence-electron chi connectivity index (χ0n) is 10.2. The molecular weight excluding hydrogens is 198 g/mol. The van der Waals surface area contributed by atoms with Gasteiger partial charge in [0, 0.05) is 18.5 Å². The number of rotatable bonds is 1. The van der Waals surface area contributed by atoms with Crippen molar-refractivity contribution < 1.29 is 4.79 Å². The van der Waals surface area contributed by atoms with Gasteiger partial charge in [0.1, 0.15) is 0 Å². The van der Waals surface area contributed by atoms with E-state index in [-0.39, 0.29) is 0 Å². The number of piperidine rings is 1. The maximum atomic E-state index is 12.4. The minimum absolute atomic E-state index is 0.403. The largest absolute Gasteiger partial charge is 0.339 e. The molecule has 0 bridgehead atoms. The second-order valence-electron chi connectivity index (χ2n) is 5.91. The SMILES string of the molecule is O=C(C1CCC1)N1CCCC2CCCCC21. The first-order chi connectivity index (χ1) is 7.86. The second kappa shape index (κ2) is 4.38. The molecule has 3 fully saturated rings. The van der Waals surface area contributed by atoms with Gasteiger partial charge in [-0.1, -0.05) is 19.3 Å². The molecule has 1 heterocycles. The van der Waals surface area contributed by atoms with Gasteiger partial charge < -0.3 is 4.90 Å². The minimum Gasteiger partial charge on any atom is -0.339 e. The van der Waals surface area contributed by atoms with Crippen molar-refractivity contribution in [3.8, 4) is 0 Å². The molecular formula is C14H23NO. The van der Waals surface area contributed by atoms with Gasteiger partial charge in [0.05, 0.1) is 0 Å². The molecule has 1 aliphatic heterocycles. The van der Waals surface area contributed by atoms with Crippen LogP contribution in [0.3, 0.4) is 0 Å². The molecule has 1 saturated heterocycles. The van der Waals surface area contributed by atoms with Gasteiger partial charge in [0.15, 0.2) is 0 Å². The Morgan fingerprint density at radius 2 is 1.62 bits per heavy atom. The minimum atomic E-state index is 0.403. The van der Waals surface area contributed by atoms with E-state index in [4.69, 9.17) is 0 Å². The molecule has 2 saturated carbocycles. The lowest BCUT2D eigenvalue weighted by molar-refractivity contribution is -0.144. The van der Waals surface area contributed by atoms with Crippen LogP contribution in [0, 0.1) is 11.8 Å². The molecule has 0 aromatic carbocycles. The lowest BCUT2D eigenvalue weighted by Crippen LogP contribution is -2.52. The average molecular weight is 221 g/mol. The first-order valence-electron chi connectivity index (χ1n) is 7.17. The van der Waals surface area contributed by atoms with Gasteiger partial charge in [-0.2, -0.15) is 0 Å². The molecule has 1 amide bonds. The zero-order valence-corrected chi connectivity index (χ0v) is 10.2. The molecule has 2 nitrogen and oxygen atoms in total. The van der Waals surface area contributed by atoms with Crippen LogP contribution >= 0.6 is 0 Å². The molecule has 0 spiro atoms. The molecule has 2 atom stereocenters. The van der Waals surface area contributed by atoms with Crippen LogP contribution in [0.15, 0.2) is 0 Å². The predicted molar refractivity (Wildman–Crippen MR) is 64.0 cm³/mol. The molecule has 3 aliphatic rings. The molecule has 90 valence electrons. The van der Waals surface area contributed by atoms with Crippen LogP contribution in [0.1, 0.15) is 57.8 Å². The zero-order chi connectivity index (χ0) is 11.0. The van der Waals surface area contributed by atoms with Crippen LogP contribution in [0.5, 0.6) is 0 Å². The van der Waals surface area contributed by atoms with Gasteiger partial charge in [-0.25, -0.2) is 0 Å².